The Hall–Kier alpha value is -2.48. The predicted molar refractivity (Wildman–Crippen MR) is 82.4 cm³/mol. The van der Waals surface area contributed by atoms with Crippen LogP contribution in [0.4, 0.5) is 10.2 Å². The van der Waals surface area contributed by atoms with Crippen molar-refractivity contribution >= 4 is 11.7 Å². The number of aromatic nitrogens is 3. The molecule has 4 heterocycles. The Morgan fingerprint density at radius 1 is 1.48 bits per heavy atom. The van der Waals surface area contributed by atoms with Crippen LogP contribution in [-0.4, -0.2) is 39.8 Å². The van der Waals surface area contributed by atoms with Gasteiger partial charge in [-0.15, -0.1) is 0 Å². The van der Waals surface area contributed by atoms with Crippen LogP contribution in [0.1, 0.15) is 22.3 Å². The molecule has 1 saturated heterocycles. The number of aryl methyl sites for hydroxylation is 1. The number of fused-ring (bicyclic) bond motifs is 1. The van der Waals surface area contributed by atoms with E-state index in [1.807, 2.05) is 4.90 Å². The first-order valence-corrected chi connectivity index (χ1v) is 7.54. The molecule has 0 spiro atoms. The van der Waals surface area contributed by atoms with E-state index in [0.29, 0.717) is 35.5 Å². The summed E-state index contributed by atoms with van der Waals surface area (Å²) in [6, 6.07) is 0.0195. The summed E-state index contributed by atoms with van der Waals surface area (Å²) in [5.74, 6) is -0.456. The van der Waals surface area contributed by atoms with E-state index in [2.05, 4.69) is 15.4 Å². The number of anilines is 1. The summed E-state index contributed by atoms with van der Waals surface area (Å²) in [4.78, 5) is 18.5. The molecule has 8 heteroatoms. The minimum Gasteiger partial charge on any atom is -0.353 e. The summed E-state index contributed by atoms with van der Waals surface area (Å²) >= 11 is 0. The summed E-state index contributed by atoms with van der Waals surface area (Å²) in [5.41, 5.74) is 7.78. The zero-order chi connectivity index (χ0) is 16.1. The molecule has 7 nitrogen and oxygen atoms in total. The molecule has 0 unspecified atom stereocenters. The van der Waals surface area contributed by atoms with Crippen molar-refractivity contribution in [1.82, 2.24) is 20.1 Å². The molecule has 2 aromatic heterocycles. The van der Waals surface area contributed by atoms with Crippen molar-refractivity contribution in [2.45, 2.75) is 19.0 Å². The molecule has 120 valence electrons. The summed E-state index contributed by atoms with van der Waals surface area (Å²) in [5, 5.41) is 6.80. The van der Waals surface area contributed by atoms with E-state index < -0.39 is 5.82 Å². The zero-order valence-electron chi connectivity index (χ0n) is 12.7. The van der Waals surface area contributed by atoms with Crippen LogP contribution in [0, 0.1) is 5.82 Å². The van der Waals surface area contributed by atoms with E-state index in [0.717, 1.165) is 6.42 Å². The van der Waals surface area contributed by atoms with Crippen molar-refractivity contribution < 1.29 is 9.18 Å². The molecular weight excluding hydrogens is 299 g/mol. The molecular formula is C15H17FN6O. The largest absolute Gasteiger partial charge is 0.353 e. The monoisotopic (exact) mass is 316 g/mol. The van der Waals surface area contributed by atoms with Crippen molar-refractivity contribution in [3.8, 4) is 11.3 Å². The highest BCUT2D eigenvalue weighted by atomic mass is 19.1. The lowest BCUT2D eigenvalue weighted by Crippen LogP contribution is -2.28. The standard InChI is InChI=1S/C15H17FN6O/c1-21-6-8(4-19-21)13-11-10(5-18-15(11)23)12(16)14(20-13)22-3-2-9(17)7-22/h4,6,9H,2-3,5,7,17H2,1H3,(H,18,23)/t9-/m0/s1. The van der Waals surface area contributed by atoms with E-state index in [1.165, 1.54) is 0 Å². The van der Waals surface area contributed by atoms with Gasteiger partial charge < -0.3 is 16.0 Å². The molecule has 2 aliphatic heterocycles. The molecule has 1 atom stereocenters. The highest BCUT2D eigenvalue weighted by molar-refractivity contribution is 6.04. The van der Waals surface area contributed by atoms with Crippen LogP contribution in [-0.2, 0) is 13.6 Å². The number of nitrogens with zero attached hydrogens (tertiary/aromatic N) is 4. The number of nitrogens with one attached hydrogen (secondary N) is 1. The van der Waals surface area contributed by atoms with E-state index in [9.17, 15) is 9.18 Å². The highest BCUT2D eigenvalue weighted by Crippen LogP contribution is 2.34. The van der Waals surface area contributed by atoms with Gasteiger partial charge in [-0.2, -0.15) is 5.10 Å². The van der Waals surface area contributed by atoms with Gasteiger partial charge in [-0.3, -0.25) is 9.48 Å². The molecule has 0 aromatic carbocycles. The molecule has 0 aliphatic carbocycles. The van der Waals surface area contributed by atoms with E-state index in [4.69, 9.17) is 5.73 Å². The number of nitrogens with two attached hydrogens (primary N) is 1. The minimum atomic E-state index is -0.430. The maximum Gasteiger partial charge on any atom is 0.254 e. The Kier molecular flexibility index (Phi) is 3.08. The Morgan fingerprint density at radius 2 is 2.30 bits per heavy atom. The van der Waals surface area contributed by atoms with E-state index >= 15 is 0 Å². The number of pyridine rings is 1. The summed E-state index contributed by atoms with van der Waals surface area (Å²) in [7, 11) is 1.79. The van der Waals surface area contributed by atoms with E-state index in [-0.39, 0.29) is 24.3 Å². The van der Waals surface area contributed by atoms with Gasteiger partial charge in [0.05, 0.1) is 17.5 Å². The van der Waals surface area contributed by atoms with E-state index in [1.54, 1.807) is 24.1 Å². The quantitative estimate of drug-likeness (QED) is 0.837. The second kappa shape index (κ2) is 5.02. The predicted octanol–water partition coefficient (Wildman–Crippen LogP) is 0.402. The smallest absolute Gasteiger partial charge is 0.254 e. The fourth-order valence-electron chi connectivity index (χ4n) is 3.21. The average molecular weight is 316 g/mol. The van der Waals surface area contributed by atoms with Crippen molar-refractivity contribution in [2.24, 2.45) is 12.8 Å². The van der Waals surface area contributed by atoms with Crippen LogP contribution in [0.2, 0.25) is 0 Å². The number of hydrogen-bond donors (Lipinski definition) is 2. The first-order chi connectivity index (χ1) is 11.0. The Morgan fingerprint density at radius 3 is 2.96 bits per heavy atom. The van der Waals surface area contributed by atoms with Gasteiger partial charge in [-0.25, -0.2) is 9.37 Å². The van der Waals surface area contributed by atoms with Gasteiger partial charge in [-0.05, 0) is 6.42 Å². The topological polar surface area (TPSA) is 89.1 Å². The number of amides is 1. The molecule has 1 fully saturated rings. The van der Waals surface area contributed by atoms with Crippen molar-refractivity contribution in [3.63, 3.8) is 0 Å². The normalized spacial score (nSPS) is 20.0. The highest BCUT2D eigenvalue weighted by Gasteiger charge is 2.33. The Balaban J connectivity index is 1.91. The summed E-state index contributed by atoms with van der Waals surface area (Å²) in [6.45, 7) is 1.41. The molecule has 0 radical (unpaired) electrons. The fraction of sp³-hybridized carbons (Fsp3) is 0.400. The van der Waals surface area contributed by atoms with Gasteiger partial charge in [0.2, 0.25) is 0 Å². The van der Waals surface area contributed by atoms with Gasteiger partial charge in [-0.1, -0.05) is 0 Å². The molecule has 0 bridgehead atoms. The molecule has 1 amide bonds. The van der Waals surface area contributed by atoms with Crippen molar-refractivity contribution in [1.29, 1.82) is 0 Å². The number of hydrogen-bond acceptors (Lipinski definition) is 5. The number of carbonyl (C=O) groups excluding carboxylic acids is 1. The third-order valence-electron chi connectivity index (χ3n) is 4.37. The molecule has 2 aromatic rings. The lowest BCUT2D eigenvalue weighted by Gasteiger charge is -2.20. The lowest BCUT2D eigenvalue weighted by molar-refractivity contribution is 0.0966. The lowest BCUT2D eigenvalue weighted by atomic mass is 10.0. The van der Waals surface area contributed by atoms with Gasteiger partial charge in [0.25, 0.3) is 5.91 Å². The first kappa shape index (κ1) is 14.1. The maximum absolute atomic E-state index is 14.9. The van der Waals surface area contributed by atoms with Gasteiger partial charge in [0.1, 0.15) is 0 Å². The third kappa shape index (κ3) is 2.17. The molecule has 3 N–H and O–H groups in total. The van der Waals surface area contributed by atoms with Crippen molar-refractivity contribution in [3.05, 3.63) is 29.3 Å². The third-order valence-corrected chi connectivity index (χ3v) is 4.37. The Bertz CT molecular complexity index is 802. The van der Waals surface area contributed by atoms with Gasteiger partial charge in [0, 0.05) is 50.0 Å². The molecule has 23 heavy (non-hydrogen) atoms. The SMILES string of the molecule is Cn1cc(-c2nc(N3CC[C@H](N)C3)c(F)c3c2C(=O)NC3)cn1. The minimum absolute atomic E-state index is 0.0195. The molecule has 4 rings (SSSR count). The second-order valence-corrected chi connectivity index (χ2v) is 6.03. The first-order valence-electron chi connectivity index (χ1n) is 7.54. The zero-order valence-corrected chi connectivity index (χ0v) is 12.7. The summed E-state index contributed by atoms with van der Waals surface area (Å²) < 4.78 is 16.5. The van der Waals surface area contributed by atoms with Crippen LogP contribution in [0.5, 0.6) is 0 Å². The maximum atomic E-state index is 14.9. The van der Waals surface area contributed by atoms with Crippen LogP contribution in [0.25, 0.3) is 11.3 Å². The van der Waals surface area contributed by atoms with Crippen LogP contribution in [0.15, 0.2) is 12.4 Å². The number of rotatable bonds is 2. The molecule has 2 aliphatic rings. The number of carbonyl (C=O) groups is 1. The van der Waals surface area contributed by atoms with Crippen LogP contribution >= 0.6 is 0 Å². The van der Waals surface area contributed by atoms with Crippen LogP contribution in [0.3, 0.4) is 0 Å². The van der Waals surface area contributed by atoms with Gasteiger partial charge >= 0.3 is 0 Å². The fourth-order valence-corrected chi connectivity index (χ4v) is 3.21. The molecule has 0 saturated carbocycles. The van der Waals surface area contributed by atoms with Crippen LogP contribution < -0.4 is 16.0 Å². The van der Waals surface area contributed by atoms with Gasteiger partial charge in [0.15, 0.2) is 11.6 Å². The second-order valence-electron chi connectivity index (χ2n) is 6.03. The summed E-state index contributed by atoms with van der Waals surface area (Å²) in [6.07, 6.45) is 4.20. The number of halogens is 1. The average Bonchev–Trinajstić information content (AvgIpc) is 3.22. The Labute approximate surface area is 132 Å². The van der Waals surface area contributed by atoms with Crippen molar-refractivity contribution in [2.75, 3.05) is 18.0 Å².